The van der Waals surface area contributed by atoms with Gasteiger partial charge in [-0.15, -0.1) is 0 Å². The van der Waals surface area contributed by atoms with E-state index in [-0.39, 0.29) is 12.5 Å². The molecule has 1 aromatic heterocycles. The van der Waals surface area contributed by atoms with Gasteiger partial charge in [-0.3, -0.25) is 14.6 Å². The van der Waals surface area contributed by atoms with E-state index in [0.717, 1.165) is 23.0 Å². The van der Waals surface area contributed by atoms with Crippen molar-refractivity contribution in [3.8, 4) is 0 Å². The predicted molar refractivity (Wildman–Crippen MR) is 79.6 cm³/mol. The molecule has 0 aliphatic carbocycles. The van der Waals surface area contributed by atoms with Crippen molar-refractivity contribution in [1.82, 2.24) is 14.8 Å². The molecule has 5 heteroatoms. The van der Waals surface area contributed by atoms with Crippen molar-refractivity contribution in [2.45, 2.75) is 13.0 Å². The van der Waals surface area contributed by atoms with Crippen LogP contribution in [0.3, 0.4) is 0 Å². The van der Waals surface area contributed by atoms with Crippen LogP contribution in [-0.4, -0.2) is 47.2 Å². The van der Waals surface area contributed by atoms with Gasteiger partial charge in [0.25, 0.3) is 0 Å². The lowest BCUT2D eigenvalue weighted by Crippen LogP contribution is -2.41. The van der Waals surface area contributed by atoms with Gasteiger partial charge >= 0.3 is 0 Å². The summed E-state index contributed by atoms with van der Waals surface area (Å²) in [6.45, 7) is 1.32. The quantitative estimate of drug-likeness (QED) is 0.796. The Bertz CT molecular complexity index is 699. The van der Waals surface area contributed by atoms with Crippen molar-refractivity contribution in [3.63, 3.8) is 0 Å². The summed E-state index contributed by atoms with van der Waals surface area (Å²) in [7, 11) is 1.61. The van der Waals surface area contributed by atoms with Crippen LogP contribution >= 0.6 is 0 Å². The van der Waals surface area contributed by atoms with Crippen LogP contribution in [-0.2, 0) is 22.6 Å². The third kappa shape index (κ3) is 2.72. The third-order valence-electron chi connectivity index (χ3n) is 3.80. The first-order valence-corrected chi connectivity index (χ1v) is 6.98. The maximum atomic E-state index is 12.1. The second-order valence-corrected chi connectivity index (χ2v) is 5.37. The largest absolute Gasteiger partial charge is 0.339 e. The highest BCUT2D eigenvalue weighted by Crippen LogP contribution is 2.22. The van der Waals surface area contributed by atoms with Crippen molar-refractivity contribution in [2.75, 3.05) is 20.1 Å². The Morgan fingerprint density at radius 2 is 2.24 bits per heavy atom. The van der Waals surface area contributed by atoms with Crippen molar-refractivity contribution in [2.24, 2.45) is 0 Å². The number of aromatic nitrogens is 1. The van der Waals surface area contributed by atoms with Crippen LogP contribution in [0.4, 0.5) is 0 Å². The fraction of sp³-hybridized carbons (Fsp3) is 0.312. The number of carbonyl (C=O) groups excluding carboxylic acids is 2. The zero-order chi connectivity index (χ0) is 14.8. The van der Waals surface area contributed by atoms with E-state index in [1.165, 1.54) is 10.5 Å². The average molecular weight is 283 g/mol. The molecule has 21 heavy (non-hydrogen) atoms. The SMILES string of the molecule is CN(C=O)CC(=O)N1CCc2cc3ccccc3nc2C1. The van der Waals surface area contributed by atoms with Gasteiger partial charge in [0.05, 0.1) is 24.3 Å². The first-order chi connectivity index (χ1) is 10.2. The number of hydrogen-bond acceptors (Lipinski definition) is 3. The van der Waals surface area contributed by atoms with Crippen LogP contribution in [0.5, 0.6) is 0 Å². The lowest BCUT2D eigenvalue weighted by atomic mass is 10.0. The van der Waals surface area contributed by atoms with Gasteiger partial charge in [-0.1, -0.05) is 18.2 Å². The lowest BCUT2D eigenvalue weighted by molar-refractivity contribution is -0.135. The van der Waals surface area contributed by atoms with Crippen molar-refractivity contribution in [3.05, 3.63) is 41.6 Å². The Hall–Kier alpha value is -2.43. The van der Waals surface area contributed by atoms with Crippen LogP contribution in [0.1, 0.15) is 11.3 Å². The highest BCUT2D eigenvalue weighted by atomic mass is 16.2. The molecule has 0 atom stereocenters. The zero-order valence-corrected chi connectivity index (χ0v) is 12.0. The van der Waals surface area contributed by atoms with Gasteiger partial charge in [0.2, 0.25) is 12.3 Å². The lowest BCUT2D eigenvalue weighted by Gasteiger charge is -2.29. The molecule has 0 bridgehead atoms. The summed E-state index contributed by atoms with van der Waals surface area (Å²) in [4.78, 5) is 30.5. The van der Waals surface area contributed by atoms with Crippen molar-refractivity contribution in [1.29, 1.82) is 0 Å². The number of benzene rings is 1. The minimum absolute atomic E-state index is 0.0368. The predicted octanol–water partition coefficient (Wildman–Crippen LogP) is 1.21. The molecular weight excluding hydrogens is 266 g/mol. The van der Waals surface area contributed by atoms with E-state index in [0.29, 0.717) is 19.5 Å². The molecule has 108 valence electrons. The standard InChI is InChI=1S/C16H17N3O2/c1-18(11-20)10-16(21)19-7-6-13-8-12-4-2-3-5-14(12)17-15(13)9-19/h2-5,8,11H,6-7,9-10H2,1H3. The molecule has 2 aromatic rings. The smallest absolute Gasteiger partial charge is 0.242 e. The third-order valence-corrected chi connectivity index (χ3v) is 3.80. The van der Waals surface area contributed by atoms with E-state index in [1.54, 1.807) is 11.9 Å². The molecular formula is C16H17N3O2. The van der Waals surface area contributed by atoms with Gasteiger partial charge in [-0.2, -0.15) is 0 Å². The molecule has 1 aliphatic heterocycles. The number of likely N-dealkylation sites (N-methyl/N-ethyl adjacent to an activating group) is 1. The zero-order valence-electron chi connectivity index (χ0n) is 12.0. The Morgan fingerprint density at radius 1 is 1.43 bits per heavy atom. The summed E-state index contributed by atoms with van der Waals surface area (Å²) < 4.78 is 0. The minimum atomic E-state index is -0.0368. The van der Waals surface area contributed by atoms with Gasteiger partial charge in [0.15, 0.2) is 0 Å². The first kappa shape index (κ1) is 13.5. The number of hydrogen-bond donors (Lipinski definition) is 0. The molecule has 0 saturated carbocycles. The molecule has 3 rings (SSSR count). The Kier molecular flexibility index (Phi) is 3.56. The van der Waals surface area contributed by atoms with Crippen molar-refractivity contribution < 1.29 is 9.59 Å². The summed E-state index contributed by atoms with van der Waals surface area (Å²) in [6.07, 6.45) is 1.48. The molecule has 2 heterocycles. The highest BCUT2D eigenvalue weighted by Gasteiger charge is 2.22. The van der Waals surface area contributed by atoms with E-state index in [2.05, 4.69) is 17.1 Å². The second kappa shape index (κ2) is 5.52. The number of para-hydroxylation sites is 1. The molecule has 0 unspecified atom stereocenters. The molecule has 1 aromatic carbocycles. The minimum Gasteiger partial charge on any atom is -0.339 e. The Labute approximate surface area is 123 Å². The van der Waals surface area contributed by atoms with Crippen LogP contribution < -0.4 is 0 Å². The van der Waals surface area contributed by atoms with Gasteiger partial charge in [0, 0.05) is 19.0 Å². The number of fused-ring (bicyclic) bond motifs is 2. The fourth-order valence-electron chi connectivity index (χ4n) is 2.63. The number of rotatable bonds is 3. The summed E-state index contributed by atoms with van der Waals surface area (Å²) in [5.74, 6) is -0.0368. The van der Waals surface area contributed by atoms with Gasteiger partial charge in [0.1, 0.15) is 0 Å². The van der Waals surface area contributed by atoms with Gasteiger partial charge in [-0.05, 0) is 24.1 Å². The van der Waals surface area contributed by atoms with Crippen LogP contribution in [0.25, 0.3) is 10.9 Å². The molecule has 0 fully saturated rings. The summed E-state index contributed by atoms with van der Waals surface area (Å²) in [5.41, 5.74) is 3.12. The maximum Gasteiger partial charge on any atom is 0.242 e. The summed E-state index contributed by atoms with van der Waals surface area (Å²) >= 11 is 0. The Morgan fingerprint density at radius 3 is 3.05 bits per heavy atom. The molecule has 5 nitrogen and oxygen atoms in total. The average Bonchev–Trinajstić information content (AvgIpc) is 2.52. The fourth-order valence-corrected chi connectivity index (χ4v) is 2.63. The van der Waals surface area contributed by atoms with E-state index in [9.17, 15) is 9.59 Å². The summed E-state index contributed by atoms with van der Waals surface area (Å²) in [6, 6.07) is 10.2. The first-order valence-electron chi connectivity index (χ1n) is 6.98. The molecule has 0 spiro atoms. The topological polar surface area (TPSA) is 53.5 Å². The number of pyridine rings is 1. The number of amides is 2. The van der Waals surface area contributed by atoms with E-state index >= 15 is 0 Å². The Balaban J connectivity index is 1.83. The second-order valence-electron chi connectivity index (χ2n) is 5.37. The summed E-state index contributed by atoms with van der Waals surface area (Å²) in [5, 5.41) is 1.14. The molecule has 2 amide bonds. The molecule has 0 N–H and O–H groups in total. The number of carbonyl (C=O) groups is 2. The highest BCUT2D eigenvalue weighted by molar-refractivity contribution is 5.81. The van der Waals surface area contributed by atoms with Crippen LogP contribution in [0.2, 0.25) is 0 Å². The maximum absolute atomic E-state index is 12.1. The monoisotopic (exact) mass is 283 g/mol. The van der Waals surface area contributed by atoms with Crippen molar-refractivity contribution >= 4 is 23.2 Å². The van der Waals surface area contributed by atoms with Crippen LogP contribution in [0.15, 0.2) is 30.3 Å². The van der Waals surface area contributed by atoms with E-state index in [4.69, 9.17) is 0 Å². The van der Waals surface area contributed by atoms with E-state index < -0.39 is 0 Å². The molecule has 1 aliphatic rings. The van der Waals surface area contributed by atoms with E-state index in [1.807, 2.05) is 18.2 Å². The molecule has 0 saturated heterocycles. The number of nitrogens with zero attached hydrogens (tertiary/aromatic N) is 3. The molecule has 0 radical (unpaired) electrons. The van der Waals surface area contributed by atoms with Crippen LogP contribution in [0, 0.1) is 0 Å². The van der Waals surface area contributed by atoms with Gasteiger partial charge in [-0.25, -0.2) is 0 Å². The normalized spacial score (nSPS) is 13.9. The van der Waals surface area contributed by atoms with Gasteiger partial charge < -0.3 is 9.80 Å².